The average molecular weight is 358 g/mol. The molecule has 0 radical (unpaired) electrons. The Balaban J connectivity index is 2.23. The summed E-state index contributed by atoms with van der Waals surface area (Å²) < 4.78 is 0. The Morgan fingerprint density at radius 3 is 1.56 bits per heavy atom. The van der Waals surface area contributed by atoms with E-state index < -0.39 is 0 Å². The second-order valence-corrected chi connectivity index (χ2v) is 7.39. The maximum Gasteiger partial charge on any atom is 0.0532 e. The van der Waals surface area contributed by atoms with Gasteiger partial charge in [0.25, 0.3) is 0 Å². The van der Waals surface area contributed by atoms with Gasteiger partial charge in [-0.2, -0.15) is 0 Å². The first-order valence-corrected chi connectivity index (χ1v) is 10.2. The van der Waals surface area contributed by atoms with Crippen LogP contribution in [0.5, 0.6) is 0 Å². The van der Waals surface area contributed by atoms with Crippen LogP contribution in [-0.4, -0.2) is 93.1 Å². The first kappa shape index (κ1) is 22.8. The molecule has 1 heterocycles. The molecule has 0 aromatic heterocycles. The van der Waals surface area contributed by atoms with Crippen molar-refractivity contribution in [1.82, 2.24) is 25.3 Å². The van der Waals surface area contributed by atoms with Gasteiger partial charge in [-0.15, -0.1) is 0 Å². The van der Waals surface area contributed by atoms with Crippen molar-refractivity contribution >= 4 is 0 Å². The van der Waals surface area contributed by atoms with Crippen LogP contribution in [0.15, 0.2) is 0 Å². The van der Waals surface area contributed by atoms with Crippen LogP contribution >= 0.6 is 0 Å². The molecule has 1 rings (SSSR count). The third-order valence-electron chi connectivity index (χ3n) is 4.66. The standard InChI is InChI=1S/C18H43N7/c1-18(2)25-16-23(13-5-11-21-9-3-7-19)15-24(17-25)14-6-12-22-10-4-8-20/h18,21-22H,3-17,19-20H2,1-2H3. The van der Waals surface area contributed by atoms with Crippen molar-refractivity contribution in [3.63, 3.8) is 0 Å². The average Bonchev–Trinajstić information content (AvgIpc) is 2.61. The minimum Gasteiger partial charge on any atom is -0.330 e. The Morgan fingerprint density at radius 2 is 1.16 bits per heavy atom. The molecule has 6 N–H and O–H groups in total. The van der Waals surface area contributed by atoms with Crippen molar-refractivity contribution in [3.05, 3.63) is 0 Å². The number of nitrogens with zero attached hydrogens (tertiary/aromatic N) is 3. The Hall–Kier alpha value is -0.280. The molecule has 150 valence electrons. The number of nitrogens with two attached hydrogens (primary N) is 2. The Labute approximate surface area is 155 Å². The largest absolute Gasteiger partial charge is 0.330 e. The second kappa shape index (κ2) is 14.8. The van der Waals surface area contributed by atoms with E-state index in [1.54, 1.807) is 0 Å². The first-order valence-electron chi connectivity index (χ1n) is 10.2. The van der Waals surface area contributed by atoms with Gasteiger partial charge in [-0.1, -0.05) is 0 Å². The number of hydrogen-bond donors (Lipinski definition) is 4. The molecule has 0 spiro atoms. The van der Waals surface area contributed by atoms with Crippen molar-refractivity contribution in [2.24, 2.45) is 11.5 Å². The van der Waals surface area contributed by atoms with Gasteiger partial charge in [-0.25, -0.2) is 0 Å². The third-order valence-corrected chi connectivity index (χ3v) is 4.66. The van der Waals surface area contributed by atoms with Gasteiger partial charge in [0.2, 0.25) is 0 Å². The highest BCUT2D eigenvalue weighted by Gasteiger charge is 2.24. The highest BCUT2D eigenvalue weighted by atomic mass is 15.5. The van der Waals surface area contributed by atoms with Crippen LogP contribution in [0.1, 0.15) is 39.5 Å². The molecule has 1 saturated heterocycles. The lowest BCUT2D eigenvalue weighted by Crippen LogP contribution is -2.57. The van der Waals surface area contributed by atoms with Gasteiger partial charge < -0.3 is 22.1 Å². The molecule has 0 aromatic rings. The lowest BCUT2D eigenvalue weighted by atomic mass is 10.3. The van der Waals surface area contributed by atoms with Gasteiger partial charge in [0.1, 0.15) is 0 Å². The third kappa shape index (κ3) is 11.1. The molecule has 0 bridgehead atoms. The fourth-order valence-corrected chi connectivity index (χ4v) is 3.10. The summed E-state index contributed by atoms with van der Waals surface area (Å²) in [6.07, 6.45) is 4.53. The smallest absolute Gasteiger partial charge is 0.0532 e. The van der Waals surface area contributed by atoms with E-state index in [1.807, 2.05) is 0 Å². The van der Waals surface area contributed by atoms with E-state index in [0.29, 0.717) is 6.04 Å². The van der Waals surface area contributed by atoms with Crippen LogP contribution in [-0.2, 0) is 0 Å². The van der Waals surface area contributed by atoms with E-state index in [2.05, 4.69) is 39.2 Å². The topological polar surface area (TPSA) is 85.8 Å². The van der Waals surface area contributed by atoms with E-state index in [4.69, 9.17) is 11.5 Å². The van der Waals surface area contributed by atoms with E-state index in [0.717, 1.165) is 85.2 Å². The van der Waals surface area contributed by atoms with Crippen LogP contribution < -0.4 is 22.1 Å². The van der Waals surface area contributed by atoms with Crippen LogP contribution in [0.3, 0.4) is 0 Å². The molecule has 1 aliphatic heterocycles. The molecule has 7 nitrogen and oxygen atoms in total. The SMILES string of the molecule is CC(C)N1CN(CCCNCCCN)CN(CCCNCCCN)C1. The normalized spacial score (nSPS) is 17.6. The maximum absolute atomic E-state index is 5.52. The summed E-state index contributed by atoms with van der Waals surface area (Å²) in [5.74, 6) is 0. The van der Waals surface area contributed by atoms with Crippen LogP contribution in [0.25, 0.3) is 0 Å². The van der Waals surface area contributed by atoms with Crippen LogP contribution in [0.4, 0.5) is 0 Å². The summed E-state index contributed by atoms with van der Waals surface area (Å²) in [7, 11) is 0. The van der Waals surface area contributed by atoms with Gasteiger partial charge in [-0.3, -0.25) is 14.7 Å². The summed E-state index contributed by atoms with van der Waals surface area (Å²) in [5, 5.41) is 6.96. The molecule has 0 saturated carbocycles. The fourth-order valence-electron chi connectivity index (χ4n) is 3.10. The van der Waals surface area contributed by atoms with Crippen molar-refractivity contribution in [2.45, 2.75) is 45.6 Å². The van der Waals surface area contributed by atoms with Crippen molar-refractivity contribution in [1.29, 1.82) is 0 Å². The summed E-state index contributed by atoms with van der Waals surface area (Å²) in [4.78, 5) is 7.72. The lowest BCUT2D eigenvalue weighted by Gasteiger charge is -2.44. The molecule has 0 amide bonds. The highest BCUT2D eigenvalue weighted by Crippen LogP contribution is 2.11. The Kier molecular flexibility index (Phi) is 13.5. The summed E-state index contributed by atoms with van der Waals surface area (Å²) in [5.41, 5.74) is 11.0. The van der Waals surface area contributed by atoms with Crippen molar-refractivity contribution in [3.8, 4) is 0 Å². The lowest BCUT2D eigenvalue weighted by molar-refractivity contribution is -0.0444. The van der Waals surface area contributed by atoms with Crippen LogP contribution in [0.2, 0.25) is 0 Å². The maximum atomic E-state index is 5.52. The molecule has 0 atom stereocenters. The van der Waals surface area contributed by atoms with Gasteiger partial charge in [-0.05, 0) is 78.8 Å². The number of rotatable bonds is 15. The summed E-state index contributed by atoms with van der Waals surface area (Å²) in [6.45, 7) is 16.0. The monoisotopic (exact) mass is 357 g/mol. The van der Waals surface area contributed by atoms with Crippen LogP contribution in [0, 0.1) is 0 Å². The summed E-state index contributed by atoms with van der Waals surface area (Å²) in [6, 6.07) is 0.593. The molecule has 0 aromatic carbocycles. The minimum absolute atomic E-state index is 0.593. The van der Waals surface area contributed by atoms with Gasteiger partial charge in [0.05, 0.1) is 20.0 Å². The van der Waals surface area contributed by atoms with E-state index in [9.17, 15) is 0 Å². The van der Waals surface area contributed by atoms with Gasteiger partial charge >= 0.3 is 0 Å². The zero-order chi connectivity index (χ0) is 18.3. The quantitative estimate of drug-likeness (QED) is 0.303. The van der Waals surface area contributed by atoms with Crippen molar-refractivity contribution < 1.29 is 0 Å². The molecule has 7 heteroatoms. The molecule has 1 aliphatic rings. The zero-order valence-electron chi connectivity index (χ0n) is 16.7. The fraction of sp³-hybridized carbons (Fsp3) is 1.00. The van der Waals surface area contributed by atoms with Gasteiger partial charge in [0.15, 0.2) is 0 Å². The summed E-state index contributed by atoms with van der Waals surface area (Å²) >= 11 is 0. The molecule has 0 unspecified atom stereocenters. The number of nitrogens with one attached hydrogen (secondary N) is 2. The predicted octanol–water partition coefficient (Wildman–Crippen LogP) is -0.156. The van der Waals surface area contributed by atoms with E-state index >= 15 is 0 Å². The molecule has 0 aliphatic carbocycles. The molecule has 25 heavy (non-hydrogen) atoms. The highest BCUT2D eigenvalue weighted by molar-refractivity contribution is 4.72. The Morgan fingerprint density at radius 1 is 0.720 bits per heavy atom. The van der Waals surface area contributed by atoms with Gasteiger partial charge in [0, 0.05) is 19.1 Å². The molecular formula is C18H43N7. The second-order valence-electron chi connectivity index (χ2n) is 7.39. The molecular weight excluding hydrogens is 314 g/mol. The Bertz CT molecular complexity index is 277. The van der Waals surface area contributed by atoms with E-state index in [1.165, 1.54) is 12.8 Å². The molecule has 1 fully saturated rings. The zero-order valence-corrected chi connectivity index (χ0v) is 16.7. The minimum atomic E-state index is 0.593. The number of hydrogen-bond acceptors (Lipinski definition) is 7. The van der Waals surface area contributed by atoms with Crippen molar-refractivity contribution in [2.75, 3.05) is 72.4 Å². The van der Waals surface area contributed by atoms with E-state index in [-0.39, 0.29) is 0 Å². The first-order chi connectivity index (χ1) is 12.2. The predicted molar refractivity (Wildman–Crippen MR) is 107 cm³/mol.